The number of rotatable bonds is 6. The van der Waals surface area contributed by atoms with Crippen LogP contribution in [0.2, 0.25) is 0 Å². The number of allylic oxidation sites excluding steroid dienone is 2. The molecule has 2 aromatic rings. The summed E-state index contributed by atoms with van der Waals surface area (Å²) in [7, 11) is 0. The maximum atomic E-state index is 13.2. The van der Waals surface area contributed by atoms with E-state index in [1.807, 2.05) is 62.4 Å². The lowest BCUT2D eigenvalue weighted by molar-refractivity contribution is -0.138. The Hall–Kier alpha value is -3.01. The SMILES string of the molecule is CC(=O)OC1=C(C(CC(=O)c2ccccc2)c2ccccc2)C(=O)CC(C)(C)C1. The van der Waals surface area contributed by atoms with Crippen molar-refractivity contribution in [2.45, 2.75) is 46.0 Å². The molecule has 0 spiro atoms. The highest BCUT2D eigenvalue weighted by molar-refractivity contribution is 6.02. The van der Waals surface area contributed by atoms with Crippen molar-refractivity contribution in [3.8, 4) is 0 Å². The van der Waals surface area contributed by atoms with E-state index in [0.717, 1.165) is 5.56 Å². The minimum Gasteiger partial charge on any atom is -0.431 e. The summed E-state index contributed by atoms with van der Waals surface area (Å²) in [6, 6.07) is 18.5. The molecule has 4 nitrogen and oxygen atoms in total. The van der Waals surface area contributed by atoms with Crippen molar-refractivity contribution in [3.63, 3.8) is 0 Å². The first-order chi connectivity index (χ1) is 13.8. The molecule has 0 heterocycles. The minimum absolute atomic E-state index is 0.0493. The van der Waals surface area contributed by atoms with Gasteiger partial charge in [-0.1, -0.05) is 74.5 Å². The molecule has 0 saturated carbocycles. The highest BCUT2D eigenvalue weighted by Gasteiger charge is 2.39. The van der Waals surface area contributed by atoms with Gasteiger partial charge >= 0.3 is 5.97 Å². The van der Waals surface area contributed by atoms with Gasteiger partial charge in [-0.3, -0.25) is 14.4 Å². The zero-order valence-corrected chi connectivity index (χ0v) is 17.1. The lowest BCUT2D eigenvalue weighted by atomic mass is 9.71. The number of Topliss-reactive ketones (excluding diaryl/α,β-unsaturated/α-hetero) is 2. The van der Waals surface area contributed by atoms with Crippen molar-refractivity contribution in [3.05, 3.63) is 83.1 Å². The van der Waals surface area contributed by atoms with Crippen LogP contribution in [0.1, 0.15) is 61.9 Å². The molecule has 0 aromatic heterocycles. The molecule has 0 amide bonds. The molecule has 29 heavy (non-hydrogen) atoms. The molecule has 0 saturated heterocycles. The maximum Gasteiger partial charge on any atom is 0.307 e. The summed E-state index contributed by atoms with van der Waals surface area (Å²) in [6.07, 6.45) is 0.979. The summed E-state index contributed by atoms with van der Waals surface area (Å²) < 4.78 is 5.51. The fourth-order valence-electron chi connectivity index (χ4n) is 3.93. The summed E-state index contributed by atoms with van der Waals surface area (Å²) in [5.74, 6) is -0.626. The number of ether oxygens (including phenoxy) is 1. The summed E-state index contributed by atoms with van der Waals surface area (Å²) in [5, 5.41) is 0. The Balaban J connectivity index is 2.08. The van der Waals surface area contributed by atoms with Gasteiger partial charge in [-0.15, -0.1) is 0 Å². The Morgan fingerprint density at radius 3 is 2.14 bits per heavy atom. The second-order valence-corrected chi connectivity index (χ2v) is 8.33. The predicted molar refractivity (Wildman–Crippen MR) is 111 cm³/mol. The molecule has 2 aromatic carbocycles. The van der Waals surface area contributed by atoms with E-state index in [-0.39, 0.29) is 23.4 Å². The number of carbonyl (C=O) groups excluding carboxylic acids is 3. The van der Waals surface area contributed by atoms with Crippen LogP contribution >= 0.6 is 0 Å². The van der Waals surface area contributed by atoms with Crippen molar-refractivity contribution in [1.82, 2.24) is 0 Å². The van der Waals surface area contributed by atoms with Crippen LogP contribution in [0.3, 0.4) is 0 Å². The van der Waals surface area contributed by atoms with E-state index in [2.05, 4.69) is 0 Å². The molecule has 4 heteroatoms. The molecule has 0 aliphatic heterocycles. The Morgan fingerprint density at radius 1 is 0.966 bits per heavy atom. The smallest absolute Gasteiger partial charge is 0.307 e. The highest BCUT2D eigenvalue weighted by atomic mass is 16.5. The van der Waals surface area contributed by atoms with Crippen LogP contribution in [-0.4, -0.2) is 17.5 Å². The average molecular weight is 390 g/mol. The molecule has 1 atom stereocenters. The van der Waals surface area contributed by atoms with E-state index >= 15 is 0 Å². The van der Waals surface area contributed by atoms with Crippen LogP contribution in [0, 0.1) is 5.41 Å². The van der Waals surface area contributed by atoms with Crippen molar-refractivity contribution in [1.29, 1.82) is 0 Å². The van der Waals surface area contributed by atoms with Crippen LogP contribution < -0.4 is 0 Å². The third kappa shape index (κ3) is 5.08. The van der Waals surface area contributed by atoms with Gasteiger partial charge in [0.1, 0.15) is 5.76 Å². The topological polar surface area (TPSA) is 60.4 Å². The lowest BCUT2D eigenvalue weighted by Crippen LogP contribution is -2.30. The number of ketones is 2. The van der Waals surface area contributed by atoms with E-state index in [4.69, 9.17) is 4.74 Å². The van der Waals surface area contributed by atoms with Gasteiger partial charge in [0.05, 0.1) is 0 Å². The Morgan fingerprint density at radius 2 is 1.55 bits per heavy atom. The third-order valence-corrected chi connectivity index (χ3v) is 5.18. The van der Waals surface area contributed by atoms with Gasteiger partial charge < -0.3 is 4.74 Å². The van der Waals surface area contributed by atoms with Crippen molar-refractivity contribution < 1.29 is 19.1 Å². The zero-order valence-electron chi connectivity index (χ0n) is 17.1. The van der Waals surface area contributed by atoms with Crippen LogP contribution in [-0.2, 0) is 14.3 Å². The third-order valence-electron chi connectivity index (χ3n) is 5.18. The molecule has 150 valence electrons. The fourth-order valence-corrected chi connectivity index (χ4v) is 3.93. The molecule has 0 N–H and O–H groups in total. The quantitative estimate of drug-likeness (QED) is 0.499. The summed E-state index contributed by atoms with van der Waals surface area (Å²) in [5.41, 5.74) is 1.63. The predicted octanol–water partition coefficient (Wildman–Crippen LogP) is 5.25. The largest absolute Gasteiger partial charge is 0.431 e. The minimum atomic E-state index is -0.457. The molecule has 1 aliphatic carbocycles. The van der Waals surface area contributed by atoms with E-state index in [0.29, 0.717) is 29.7 Å². The van der Waals surface area contributed by atoms with Crippen molar-refractivity contribution in [2.24, 2.45) is 5.41 Å². The summed E-state index contributed by atoms with van der Waals surface area (Å²) in [4.78, 5) is 37.9. The standard InChI is InChI=1S/C25H26O4/c1-17(26)29-23-16-25(2,3)15-22(28)24(23)20(18-10-6-4-7-11-18)14-21(27)19-12-8-5-9-13-19/h4-13,20H,14-16H2,1-3H3. The Labute approximate surface area is 171 Å². The first-order valence-electron chi connectivity index (χ1n) is 9.85. The number of esters is 1. The second-order valence-electron chi connectivity index (χ2n) is 8.33. The first-order valence-corrected chi connectivity index (χ1v) is 9.85. The lowest BCUT2D eigenvalue weighted by Gasteiger charge is -2.34. The molecule has 0 bridgehead atoms. The van der Waals surface area contributed by atoms with Crippen LogP contribution in [0.4, 0.5) is 0 Å². The van der Waals surface area contributed by atoms with Gasteiger partial charge in [-0.05, 0) is 11.0 Å². The summed E-state index contributed by atoms with van der Waals surface area (Å²) in [6.45, 7) is 5.30. The van der Waals surface area contributed by atoms with Crippen LogP contribution in [0.5, 0.6) is 0 Å². The highest BCUT2D eigenvalue weighted by Crippen LogP contribution is 2.43. The second kappa shape index (κ2) is 8.56. The van der Waals surface area contributed by atoms with E-state index in [1.54, 1.807) is 12.1 Å². The van der Waals surface area contributed by atoms with Gasteiger partial charge in [-0.2, -0.15) is 0 Å². The average Bonchev–Trinajstić information content (AvgIpc) is 2.66. The monoisotopic (exact) mass is 390 g/mol. The van der Waals surface area contributed by atoms with Gasteiger partial charge in [-0.25, -0.2) is 0 Å². The number of hydrogen-bond donors (Lipinski definition) is 0. The first kappa shape index (κ1) is 20.7. The number of hydrogen-bond acceptors (Lipinski definition) is 4. The number of carbonyl (C=O) groups is 3. The molecule has 0 radical (unpaired) electrons. The van der Waals surface area contributed by atoms with Gasteiger partial charge in [0.15, 0.2) is 11.6 Å². The van der Waals surface area contributed by atoms with Crippen LogP contribution in [0.15, 0.2) is 72.0 Å². The molecule has 3 rings (SSSR count). The maximum absolute atomic E-state index is 13.2. The van der Waals surface area contributed by atoms with Crippen molar-refractivity contribution >= 4 is 17.5 Å². The van der Waals surface area contributed by atoms with Gasteiger partial charge in [0, 0.05) is 43.2 Å². The van der Waals surface area contributed by atoms with E-state index < -0.39 is 11.9 Å². The van der Waals surface area contributed by atoms with Crippen LogP contribution in [0.25, 0.3) is 0 Å². The van der Waals surface area contributed by atoms with Gasteiger partial charge in [0.25, 0.3) is 0 Å². The Bertz CT molecular complexity index is 939. The molecule has 1 aliphatic rings. The van der Waals surface area contributed by atoms with E-state index in [1.165, 1.54) is 6.92 Å². The molecular weight excluding hydrogens is 364 g/mol. The molecular formula is C25H26O4. The van der Waals surface area contributed by atoms with E-state index in [9.17, 15) is 14.4 Å². The molecule has 1 unspecified atom stereocenters. The fraction of sp³-hybridized carbons (Fsp3) is 0.320. The van der Waals surface area contributed by atoms with Gasteiger partial charge in [0.2, 0.25) is 0 Å². The normalized spacial score (nSPS) is 17.0. The zero-order chi connectivity index (χ0) is 21.0. The summed E-state index contributed by atoms with van der Waals surface area (Å²) >= 11 is 0. The molecule has 0 fully saturated rings. The van der Waals surface area contributed by atoms with Crippen molar-refractivity contribution in [2.75, 3.05) is 0 Å². The Kier molecular flexibility index (Phi) is 6.12. The number of benzene rings is 2.